The van der Waals surface area contributed by atoms with E-state index in [-0.39, 0.29) is 10.8 Å². The molecule has 2 aliphatic rings. The van der Waals surface area contributed by atoms with Crippen LogP contribution in [-0.2, 0) is 23.0 Å². The lowest BCUT2D eigenvalue weighted by atomic mass is 9.99. The van der Waals surface area contributed by atoms with E-state index in [1.54, 1.807) is 23.1 Å². The maximum absolute atomic E-state index is 13.0. The second-order valence-electron chi connectivity index (χ2n) is 7.48. The summed E-state index contributed by atoms with van der Waals surface area (Å²) in [6.07, 6.45) is 0.821. The van der Waals surface area contributed by atoms with Crippen molar-refractivity contribution >= 4 is 15.9 Å². The fourth-order valence-electron chi connectivity index (χ4n) is 3.82. The highest BCUT2D eigenvalue weighted by atomic mass is 32.2. The standard InChI is InChI=1S/C21H25N3O3S/c1-22-11-13-24(14-12-22)28(26,27)20-8-4-7-18(15-20)21(25)23-10-9-17-5-2-3-6-19(17)16-23/h2-8,15H,9-14,16H2,1H3. The Morgan fingerprint density at radius 1 is 0.893 bits per heavy atom. The van der Waals surface area contributed by atoms with Crippen LogP contribution in [0.2, 0.25) is 0 Å². The van der Waals surface area contributed by atoms with Gasteiger partial charge in [-0.05, 0) is 42.8 Å². The fraction of sp³-hybridized carbons (Fsp3) is 0.381. The van der Waals surface area contributed by atoms with Gasteiger partial charge in [0.1, 0.15) is 0 Å². The predicted molar refractivity (Wildman–Crippen MR) is 108 cm³/mol. The van der Waals surface area contributed by atoms with Gasteiger partial charge in [-0.2, -0.15) is 4.31 Å². The van der Waals surface area contributed by atoms with E-state index in [9.17, 15) is 13.2 Å². The van der Waals surface area contributed by atoms with Gasteiger partial charge >= 0.3 is 0 Å². The largest absolute Gasteiger partial charge is 0.334 e. The zero-order chi connectivity index (χ0) is 19.7. The number of sulfonamides is 1. The van der Waals surface area contributed by atoms with Gasteiger partial charge in [-0.25, -0.2) is 8.42 Å². The van der Waals surface area contributed by atoms with E-state index >= 15 is 0 Å². The molecule has 1 amide bonds. The first-order valence-corrected chi connectivity index (χ1v) is 11.0. The number of piperazine rings is 1. The maximum Gasteiger partial charge on any atom is 0.254 e. The predicted octanol–water partition coefficient (Wildman–Crippen LogP) is 1.82. The molecule has 0 N–H and O–H groups in total. The first-order valence-electron chi connectivity index (χ1n) is 9.60. The summed E-state index contributed by atoms with van der Waals surface area (Å²) in [6.45, 7) is 3.58. The third kappa shape index (κ3) is 3.70. The van der Waals surface area contributed by atoms with Crippen LogP contribution in [-0.4, -0.2) is 68.2 Å². The normalized spacial score (nSPS) is 18.7. The fourth-order valence-corrected chi connectivity index (χ4v) is 5.29. The van der Waals surface area contributed by atoms with Crippen LogP contribution >= 0.6 is 0 Å². The van der Waals surface area contributed by atoms with Crippen LogP contribution in [0.5, 0.6) is 0 Å². The van der Waals surface area contributed by atoms with Crippen molar-refractivity contribution in [3.8, 4) is 0 Å². The van der Waals surface area contributed by atoms with Crippen molar-refractivity contribution in [1.29, 1.82) is 0 Å². The number of likely N-dealkylation sites (N-methyl/N-ethyl adjacent to an activating group) is 1. The van der Waals surface area contributed by atoms with Crippen LogP contribution in [0.4, 0.5) is 0 Å². The van der Waals surface area contributed by atoms with Gasteiger partial charge in [0.2, 0.25) is 10.0 Å². The highest BCUT2D eigenvalue weighted by Gasteiger charge is 2.29. The average molecular weight is 400 g/mol. The Balaban J connectivity index is 1.55. The minimum Gasteiger partial charge on any atom is -0.334 e. The number of benzene rings is 2. The van der Waals surface area contributed by atoms with E-state index in [0.29, 0.717) is 44.8 Å². The summed E-state index contributed by atoms with van der Waals surface area (Å²) in [5, 5.41) is 0. The van der Waals surface area contributed by atoms with Crippen LogP contribution < -0.4 is 0 Å². The summed E-state index contributed by atoms with van der Waals surface area (Å²) >= 11 is 0. The molecule has 148 valence electrons. The summed E-state index contributed by atoms with van der Waals surface area (Å²) in [7, 11) is -1.60. The lowest BCUT2D eigenvalue weighted by Gasteiger charge is -2.31. The average Bonchev–Trinajstić information content (AvgIpc) is 2.73. The molecule has 0 radical (unpaired) electrons. The Bertz CT molecular complexity index is 982. The Morgan fingerprint density at radius 2 is 1.61 bits per heavy atom. The lowest BCUT2D eigenvalue weighted by molar-refractivity contribution is 0.0734. The molecule has 4 rings (SSSR count). The summed E-state index contributed by atoms with van der Waals surface area (Å²) < 4.78 is 27.5. The van der Waals surface area contributed by atoms with E-state index in [4.69, 9.17) is 0 Å². The number of carbonyl (C=O) groups excluding carboxylic acids is 1. The maximum atomic E-state index is 13.0. The zero-order valence-corrected chi connectivity index (χ0v) is 16.9. The van der Waals surface area contributed by atoms with Crippen molar-refractivity contribution in [2.45, 2.75) is 17.9 Å². The van der Waals surface area contributed by atoms with E-state index in [0.717, 1.165) is 12.0 Å². The summed E-state index contributed by atoms with van der Waals surface area (Å²) in [4.78, 5) is 17.1. The molecular weight excluding hydrogens is 374 g/mol. The number of fused-ring (bicyclic) bond motifs is 1. The number of nitrogens with zero attached hydrogens (tertiary/aromatic N) is 3. The molecular formula is C21H25N3O3S. The van der Waals surface area contributed by atoms with Gasteiger partial charge in [-0.1, -0.05) is 30.3 Å². The zero-order valence-electron chi connectivity index (χ0n) is 16.0. The van der Waals surface area contributed by atoms with Crippen molar-refractivity contribution in [1.82, 2.24) is 14.1 Å². The van der Waals surface area contributed by atoms with E-state index in [2.05, 4.69) is 11.0 Å². The van der Waals surface area contributed by atoms with Gasteiger partial charge in [0.05, 0.1) is 4.90 Å². The number of hydrogen-bond acceptors (Lipinski definition) is 4. The van der Waals surface area contributed by atoms with Crippen LogP contribution in [0.25, 0.3) is 0 Å². The van der Waals surface area contributed by atoms with E-state index < -0.39 is 10.0 Å². The molecule has 0 atom stereocenters. The molecule has 1 saturated heterocycles. The van der Waals surface area contributed by atoms with Crippen LogP contribution in [0.1, 0.15) is 21.5 Å². The van der Waals surface area contributed by atoms with Gasteiger partial charge in [-0.3, -0.25) is 4.79 Å². The smallest absolute Gasteiger partial charge is 0.254 e. The van der Waals surface area contributed by atoms with Gasteiger partial charge in [0.25, 0.3) is 5.91 Å². The molecule has 0 aromatic heterocycles. The van der Waals surface area contributed by atoms with Gasteiger partial charge < -0.3 is 9.80 Å². The lowest BCUT2D eigenvalue weighted by Crippen LogP contribution is -2.47. The van der Waals surface area contributed by atoms with Gasteiger partial charge in [-0.15, -0.1) is 0 Å². The van der Waals surface area contributed by atoms with E-state index in [1.165, 1.54) is 15.9 Å². The number of amides is 1. The number of hydrogen-bond donors (Lipinski definition) is 0. The van der Waals surface area contributed by atoms with Crippen LogP contribution in [0, 0.1) is 0 Å². The minimum absolute atomic E-state index is 0.120. The SMILES string of the molecule is CN1CCN(S(=O)(=O)c2cccc(C(=O)N3CCc4ccccc4C3)c2)CC1. The molecule has 2 aliphatic heterocycles. The second-order valence-corrected chi connectivity index (χ2v) is 9.42. The number of rotatable bonds is 3. The highest BCUT2D eigenvalue weighted by Crippen LogP contribution is 2.23. The van der Waals surface area contributed by atoms with Gasteiger partial charge in [0.15, 0.2) is 0 Å². The molecule has 0 spiro atoms. The monoisotopic (exact) mass is 399 g/mol. The topological polar surface area (TPSA) is 60.9 Å². The quantitative estimate of drug-likeness (QED) is 0.790. The first-order chi connectivity index (χ1) is 13.4. The Hall–Kier alpha value is -2.22. The van der Waals surface area contributed by atoms with Crippen LogP contribution in [0.3, 0.4) is 0 Å². The molecule has 2 heterocycles. The third-order valence-corrected chi connectivity index (χ3v) is 7.49. The molecule has 2 aromatic carbocycles. The molecule has 2 aromatic rings. The third-order valence-electron chi connectivity index (χ3n) is 5.60. The molecule has 1 fully saturated rings. The minimum atomic E-state index is -3.58. The number of carbonyl (C=O) groups is 1. The van der Waals surface area contributed by atoms with Gasteiger partial charge in [0, 0.05) is 44.8 Å². The van der Waals surface area contributed by atoms with Crippen molar-refractivity contribution < 1.29 is 13.2 Å². The molecule has 28 heavy (non-hydrogen) atoms. The van der Waals surface area contributed by atoms with Crippen molar-refractivity contribution in [2.75, 3.05) is 39.8 Å². The second kappa shape index (κ2) is 7.66. The molecule has 7 heteroatoms. The molecule has 0 bridgehead atoms. The van der Waals surface area contributed by atoms with Crippen molar-refractivity contribution in [2.24, 2.45) is 0 Å². The molecule has 0 aliphatic carbocycles. The molecule has 6 nitrogen and oxygen atoms in total. The van der Waals surface area contributed by atoms with Crippen LogP contribution in [0.15, 0.2) is 53.4 Å². The molecule has 0 saturated carbocycles. The Labute approximate surface area is 166 Å². The Morgan fingerprint density at radius 3 is 2.36 bits per heavy atom. The first kappa shape index (κ1) is 19.1. The highest BCUT2D eigenvalue weighted by molar-refractivity contribution is 7.89. The molecule has 0 unspecified atom stereocenters. The summed E-state index contributed by atoms with van der Waals surface area (Å²) in [6, 6.07) is 14.6. The van der Waals surface area contributed by atoms with Crippen molar-refractivity contribution in [3.63, 3.8) is 0 Å². The van der Waals surface area contributed by atoms with Crippen molar-refractivity contribution in [3.05, 3.63) is 65.2 Å². The summed E-state index contributed by atoms with van der Waals surface area (Å²) in [5.41, 5.74) is 2.86. The summed E-state index contributed by atoms with van der Waals surface area (Å²) in [5.74, 6) is -0.120. The Kier molecular flexibility index (Phi) is 5.23. The van der Waals surface area contributed by atoms with E-state index in [1.807, 2.05) is 25.2 Å².